The maximum atomic E-state index is 12.9. The number of esters is 1. The Balaban J connectivity index is 1.69. The third-order valence-electron chi connectivity index (χ3n) is 5.83. The van der Waals surface area contributed by atoms with Gasteiger partial charge in [-0.3, -0.25) is 4.90 Å². The first-order chi connectivity index (χ1) is 14.5. The fraction of sp³-hybridized carbons (Fsp3) is 0.522. The van der Waals surface area contributed by atoms with E-state index < -0.39 is 29.3 Å². The van der Waals surface area contributed by atoms with Crippen LogP contribution in [0.1, 0.15) is 44.9 Å². The average molecular weight is 447 g/mol. The van der Waals surface area contributed by atoms with Crippen LogP contribution in [0.2, 0.25) is 5.02 Å². The van der Waals surface area contributed by atoms with Gasteiger partial charge < -0.3 is 14.2 Å². The van der Waals surface area contributed by atoms with Crippen molar-refractivity contribution in [2.24, 2.45) is 0 Å². The number of carbonyl (C=O) groups excluding carboxylic acids is 2. The molecular weight excluding hydrogens is 420 g/mol. The summed E-state index contributed by atoms with van der Waals surface area (Å²) in [5.41, 5.74) is 1.32. The number of likely N-dealkylation sites (tertiary alicyclic amines) is 1. The number of nitrogens with zero attached hydrogens (tertiary/aromatic N) is 2. The fourth-order valence-electron chi connectivity index (χ4n) is 4.49. The summed E-state index contributed by atoms with van der Waals surface area (Å²) in [5.74, 6) is 0.230. The standard InChI is InChI=1S/C23H27ClN2O5/c1-13-19-15(16-10-14(24)6-7-17(16)25-13)8-9-23(30-19)11-18(20(27)29-5)26(12-23)21(28)31-22(2,3)4/h6-7,10,18H,8-9,11-12H2,1-5H3/t18-,23?/m0/s1. The number of aromatic nitrogens is 1. The molecule has 7 nitrogen and oxygen atoms in total. The average Bonchev–Trinajstić information content (AvgIpc) is 3.06. The van der Waals surface area contributed by atoms with E-state index in [1.54, 1.807) is 20.8 Å². The van der Waals surface area contributed by atoms with Crippen LogP contribution < -0.4 is 4.74 Å². The normalized spacial score (nSPS) is 22.9. The second kappa shape index (κ2) is 7.55. The van der Waals surface area contributed by atoms with Gasteiger partial charge in [-0.05, 0) is 58.7 Å². The summed E-state index contributed by atoms with van der Waals surface area (Å²) in [6.45, 7) is 7.53. The second-order valence-corrected chi connectivity index (χ2v) is 9.74. The highest BCUT2D eigenvalue weighted by atomic mass is 35.5. The Bertz CT molecular complexity index is 1060. The molecule has 0 N–H and O–H groups in total. The second-order valence-electron chi connectivity index (χ2n) is 9.30. The Morgan fingerprint density at radius 2 is 2.06 bits per heavy atom. The minimum Gasteiger partial charge on any atom is -0.483 e. The van der Waals surface area contributed by atoms with Gasteiger partial charge in [-0.15, -0.1) is 0 Å². The first-order valence-corrected chi connectivity index (χ1v) is 10.7. The Morgan fingerprint density at radius 3 is 2.74 bits per heavy atom. The minimum absolute atomic E-state index is 0.244. The summed E-state index contributed by atoms with van der Waals surface area (Å²) in [4.78, 5) is 31.5. The molecule has 0 saturated carbocycles. The zero-order valence-electron chi connectivity index (χ0n) is 18.5. The molecule has 1 saturated heterocycles. The fourth-order valence-corrected chi connectivity index (χ4v) is 4.66. The van der Waals surface area contributed by atoms with Crippen LogP contribution in [0.25, 0.3) is 10.9 Å². The molecule has 1 spiro atoms. The number of aryl methyl sites for hydroxylation is 2. The molecule has 0 radical (unpaired) electrons. The van der Waals surface area contributed by atoms with Gasteiger partial charge in [-0.2, -0.15) is 0 Å². The topological polar surface area (TPSA) is 78.0 Å². The monoisotopic (exact) mass is 446 g/mol. The molecule has 1 unspecified atom stereocenters. The lowest BCUT2D eigenvalue weighted by Crippen LogP contribution is -2.46. The molecule has 1 fully saturated rings. The van der Waals surface area contributed by atoms with Gasteiger partial charge in [0.05, 0.1) is 24.9 Å². The van der Waals surface area contributed by atoms with E-state index in [0.29, 0.717) is 23.6 Å². The van der Waals surface area contributed by atoms with Crippen molar-refractivity contribution in [3.8, 4) is 5.75 Å². The summed E-state index contributed by atoms with van der Waals surface area (Å²) < 4.78 is 17.0. The molecule has 8 heteroatoms. The highest BCUT2D eigenvalue weighted by molar-refractivity contribution is 6.31. The molecule has 1 amide bonds. The van der Waals surface area contributed by atoms with E-state index in [4.69, 9.17) is 25.8 Å². The van der Waals surface area contributed by atoms with Crippen molar-refractivity contribution in [3.05, 3.63) is 34.5 Å². The summed E-state index contributed by atoms with van der Waals surface area (Å²) in [7, 11) is 1.32. The van der Waals surface area contributed by atoms with Gasteiger partial charge in [-0.1, -0.05) is 11.6 Å². The van der Waals surface area contributed by atoms with Gasteiger partial charge in [0.2, 0.25) is 0 Å². The van der Waals surface area contributed by atoms with Crippen molar-refractivity contribution < 1.29 is 23.8 Å². The van der Waals surface area contributed by atoms with Gasteiger partial charge >= 0.3 is 12.1 Å². The van der Waals surface area contributed by atoms with Crippen molar-refractivity contribution >= 4 is 34.6 Å². The predicted octanol–water partition coefficient (Wildman–Crippen LogP) is 4.44. The largest absolute Gasteiger partial charge is 0.483 e. The highest BCUT2D eigenvalue weighted by Crippen LogP contribution is 2.45. The third-order valence-corrected chi connectivity index (χ3v) is 6.06. The third kappa shape index (κ3) is 4.03. The number of carbonyl (C=O) groups is 2. The molecule has 166 valence electrons. The number of hydrogen-bond acceptors (Lipinski definition) is 6. The van der Waals surface area contributed by atoms with Crippen molar-refractivity contribution in [1.82, 2.24) is 9.88 Å². The summed E-state index contributed by atoms with van der Waals surface area (Å²) >= 11 is 6.22. The van der Waals surface area contributed by atoms with Gasteiger partial charge in [0.15, 0.2) is 0 Å². The number of rotatable bonds is 1. The van der Waals surface area contributed by atoms with E-state index in [0.717, 1.165) is 28.6 Å². The Labute approximate surface area is 186 Å². The molecule has 0 aliphatic carbocycles. The van der Waals surface area contributed by atoms with Crippen molar-refractivity contribution in [2.75, 3.05) is 13.7 Å². The number of methoxy groups -OCH3 is 1. The lowest BCUT2D eigenvalue weighted by atomic mass is 9.87. The zero-order valence-corrected chi connectivity index (χ0v) is 19.2. The SMILES string of the molecule is COC(=O)[C@@H]1CC2(CCc3c(c(C)nc4ccc(Cl)cc34)O2)CN1C(=O)OC(C)(C)C. The molecule has 31 heavy (non-hydrogen) atoms. The molecule has 2 aromatic rings. The Kier molecular flexibility index (Phi) is 5.28. The Hall–Kier alpha value is -2.54. The minimum atomic E-state index is -0.760. The molecule has 0 bridgehead atoms. The quantitative estimate of drug-likeness (QED) is 0.602. The molecule has 4 rings (SSSR count). The van der Waals surface area contributed by atoms with E-state index in [1.165, 1.54) is 12.0 Å². The van der Waals surface area contributed by atoms with Gasteiger partial charge in [0, 0.05) is 22.4 Å². The van der Waals surface area contributed by atoms with E-state index in [-0.39, 0.29) is 6.54 Å². The van der Waals surface area contributed by atoms with Gasteiger partial charge in [-0.25, -0.2) is 14.6 Å². The number of halogens is 1. The van der Waals surface area contributed by atoms with Crippen molar-refractivity contribution in [2.45, 2.75) is 64.2 Å². The Morgan fingerprint density at radius 1 is 1.32 bits per heavy atom. The van der Waals surface area contributed by atoms with Crippen LogP contribution in [0.5, 0.6) is 5.75 Å². The van der Waals surface area contributed by atoms with Gasteiger partial charge in [0.25, 0.3) is 0 Å². The zero-order chi connectivity index (χ0) is 22.6. The molecule has 1 aromatic heterocycles. The first-order valence-electron chi connectivity index (χ1n) is 10.4. The molecule has 2 atom stereocenters. The number of ether oxygens (including phenoxy) is 3. The van der Waals surface area contributed by atoms with Crippen LogP contribution in [0.15, 0.2) is 18.2 Å². The lowest BCUT2D eigenvalue weighted by Gasteiger charge is -2.36. The van der Waals surface area contributed by atoms with E-state index in [2.05, 4.69) is 4.98 Å². The molecule has 2 aliphatic rings. The predicted molar refractivity (Wildman–Crippen MR) is 117 cm³/mol. The summed E-state index contributed by atoms with van der Waals surface area (Å²) in [5, 5.41) is 1.61. The highest BCUT2D eigenvalue weighted by Gasteiger charge is 2.53. The number of amides is 1. The van der Waals surface area contributed by atoms with Crippen LogP contribution in [-0.4, -0.2) is 52.8 Å². The number of fused-ring (bicyclic) bond motifs is 3. The van der Waals surface area contributed by atoms with Crippen molar-refractivity contribution in [1.29, 1.82) is 0 Å². The van der Waals surface area contributed by atoms with Crippen LogP contribution in [-0.2, 0) is 20.7 Å². The first kappa shape index (κ1) is 21.7. The van der Waals surface area contributed by atoms with Gasteiger partial charge in [0.1, 0.15) is 23.0 Å². The van der Waals surface area contributed by atoms with Crippen molar-refractivity contribution in [3.63, 3.8) is 0 Å². The molecular formula is C23H27ClN2O5. The van der Waals surface area contributed by atoms with Crippen LogP contribution in [0.4, 0.5) is 4.79 Å². The molecule has 3 heterocycles. The number of hydrogen-bond donors (Lipinski definition) is 0. The van der Waals surface area contributed by atoms with E-state index in [9.17, 15) is 9.59 Å². The van der Waals surface area contributed by atoms with E-state index >= 15 is 0 Å². The summed E-state index contributed by atoms with van der Waals surface area (Å²) in [6, 6.07) is 4.87. The summed E-state index contributed by atoms with van der Waals surface area (Å²) in [6.07, 6.45) is 1.17. The van der Waals surface area contributed by atoms with Crippen LogP contribution >= 0.6 is 11.6 Å². The molecule has 2 aliphatic heterocycles. The van der Waals surface area contributed by atoms with E-state index in [1.807, 2.05) is 25.1 Å². The van der Waals surface area contributed by atoms with Crippen LogP contribution in [0, 0.1) is 6.92 Å². The maximum absolute atomic E-state index is 12.9. The number of pyridine rings is 1. The lowest BCUT2D eigenvalue weighted by molar-refractivity contribution is -0.145. The number of benzene rings is 1. The maximum Gasteiger partial charge on any atom is 0.411 e. The smallest absolute Gasteiger partial charge is 0.411 e. The molecule has 1 aromatic carbocycles. The van der Waals surface area contributed by atoms with Crippen LogP contribution in [0.3, 0.4) is 0 Å².